The molecule has 1 N–H and O–H groups in total. The highest BCUT2D eigenvalue weighted by molar-refractivity contribution is 5.38. The van der Waals surface area contributed by atoms with E-state index in [-0.39, 0.29) is 17.1 Å². The summed E-state index contributed by atoms with van der Waals surface area (Å²) in [6, 6.07) is 6.16. The average Bonchev–Trinajstić information content (AvgIpc) is 2.36. The van der Waals surface area contributed by atoms with Crippen LogP contribution in [0.3, 0.4) is 0 Å². The highest BCUT2D eigenvalue weighted by Crippen LogP contribution is 2.28. The van der Waals surface area contributed by atoms with E-state index in [2.05, 4.69) is 0 Å². The number of halogens is 3. The van der Waals surface area contributed by atoms with Gasteiger partial charge in [-0.2, -0.15) is 0 Å². The zero-order valence-electron chi connectivity index (χ0n) is 9.16. The molecule has 0 bridgehead atoms. The Morgan fingerprint density at radius 1 is 0.889 bits per heavy atom. The van der Waals surface area contributed by atoms with Crippen LogP contribution in [0.25, 0.3) is 0 Å². The van der Waals surface area contributed by atoms with Crippen LogP contribution < -0.4 is 4.74 Å². The number of aliphatic hydroxyl groups is 1. The van der Waals surface area contributed by atoms with E-state index in [4.69, 9.17) is 9.84 Å². The summed E-state index contributed by atoms with van der Waals surface area (Å²) in [7, 11) is 0. The van der Waals surface area contributed by atoms with Crippen molar-refractivity contribution in [3.8, 4) is 11.5 Å². The van der Waals surface area contributed by atoms with Crippen LogP contribution in [0.15, 0.2) is 36.4 Å². The lowest BCUT2D eigenvalue weighted by Crippen LogP contribution is -1.95. The van der Waals surface area contributed by atoms with Gasteiger partial charge in [0.2, 0.25) is 0 Å². The van der Waals surface area contributed by atoms with Crippen molar-refractivity contribution in [2.24, 2.45) is 0 Å². The number of benzene rings is 2. The van der Waals surface area contributed by atoms with Gasteiger partial charge < -0.3 is 9.84 Å². The first-order valence-electron chi connectivity index (χ1n) is 5.12. The van der Waals surface area contributed by atoms with Gasteiger partial charge in [0.1, 0.15) is 17.4 Å². The highest BCUT2D eigenvalue weighted by Gasteiger charge is 2.10. The second kappa shape index (κ2) is 5.10. The van der Waals surface area contributed by atoms with Crippen LogP contribution >= 0.6 is 0 Å². The molecular weight excluding hydrogens is 245 g/mol. The van der Waals surface area contributed by atoms with Crippen LogP contribution in [0, 0.1) is 17.5 Å². The van der Waals surface area contributed by atoms with E-state index < -0.39 is 24.1 Å². The lowest BCUT2D eigenvalue weighted by atomic mass is 10.2. The van der Waals surface area contributed by atoms with Gasteiger partial charge in [-0.05, 0) is 30.3 Å². The van der Waals surface area contributed by atoms with Crippen LogP contribution in [0.1, 0.15) is 5.56 Å². The maximum Gasteiger partial charge on any atom is 0.165 e. The van der Waals surface area contributed by atoms with Crippen molar-refractivity contribution < 1.29 is 23.0 Å². The van der Waals surface area contributed by atoms with E-state index >= 15 is 0 Å². The standard InChI is InChI=1S/C13H9F3O2/c14-9-2-4-12(8(5-9)7-17)18-13-6-10(15)1-3-11(13)16/h1-6,17H,7H2. The highest BCUT2D eigenvalue weighted by atomic mass is 19.1. The van der Waals surface area contributed by atoms with Crippen molar-refractivity contribution >= 4 is 0 Å². The minimum Gasteiger partial charge on any atom is -0.454 e. The van der Waals surface area contributed by atoms with E-state index in [0.29, 0.717) is 0 Å². The SMILES string of the molecule is OCc1cc(F)ccc1Oc1cc(F)ccc1F. The fourth-order valence-corrected chi connectivity index (χ4v) is 1.45. The summed E-state index contributed by atoms with van der Waals surface area (Å²) < 4.78 is 44.3. The molecule has 0 fully saturated rings. The molecule has 0 aliphatic rings. The number of aliphatic hydroxyl groups excluding tert-OH is 1. The summed E-state index contributed by atoms with van der Waals surface area (Å²) in [6.45, 7) is -0.468. The molecule has 18 heavy (non-hydrogen) atoms. The Kier molecular flexibility index (Phi) is 3.53. The fourth-order valence-electron chi connectivity index (χ4n) is 1.45. The van der Waals surface area contributed by atoms with Crippen molar-refractivity contribution in [3.05, 3.63) is 59.4 Å². The molecule has 2 aromatic carbocycles. The molecule has 2 rings (SSSR count). The third kappa shape index (κ3) is 2.62. The Morgan fingerprint density at radius 2 is 1.56 bits per heavy atom. The van der Waals surface area contributed by atoms with Crippen LogP contribution in [0.4, 0.5) is 13.2 Å². The molecule has 0 aliphatic carbocycles. The molecule has 0 aliphatic heterocycles. The van der Waals surface area contributed by atoms with Crippen LogP contribution in [-0.4, -0.2) is 5.11 Å². The molecule has 2 aromatic rings. The molecule has 0 heterocycles. The Balaban J connectivity index is 2.36. The monoisotopic (exact) mass is 254 g/mol. The third-order valence-corrected chi connectivity index (χ3v) is 2.31. The molecule has 0 atom stereocenters. The summed E-state index contributed by atoms with van der Waals surface area (Å²) in [5.41, 5.74) is 0.152. The quantitative estimate of drug-likeness (QED) is 0.909. The number of rotatable bonds is 3. The zero-order valence-corrected chi connectivity index (χ0v) is 9.16. The van der Waals surface area contributed by atoms with Gasteiger partial charge in [0.25, 0.3) is 0 Å². The summed E-state index contributed by atoms with van der Waals surface area (Å²) in [5.74, 6) is -2.20. The van der Waals surface area contributed by atoms with Crippen molar-refractivity contribution in [2.45, 2.75) is 6.61 Å². The predicted octanol–water partition coefficient (Wildman–Crippen LogP) is 3.39. The van der Waals surface area contributed by atoms with E-state index in [1.54, 1.807) is 0 Å². The van der Waals surface area contributed by atoms with Crippen molar-refractivity contribution in [3.63, 3.8) is 0 Å². The van der Waals surface area contributed by atoms with Gasteiger partial charge in [-0.1, -0.05) is 0 Å². The lowest BCUT2D eigenvalue weighted by Gasteiger charge is -2.10. The fraction of sp³-hybridized carbons (Fsp3) is 0.0769. The molecule has 0 spiro atoms. The third-order valence-electron chi connectivity index (χ3n) is 2.31. The van der Waals surface area contributed by atoms with Crippen LogP contribution in [0.2, 0.25) is 0 Å². The molecule has 0 aromatic heterocycles. The number of hydrogen-bond donors (Lipinski definition) is 1. The second-order valence-electron chi connectivity index (χ2n) is 3.59. The first kappa shape index (κ1) is 12.4. The normalized spacial score (nSPS) is 10.4. The van der Waals surface area contributed by atoms with Gasteiger partial charge in [0.05, 0.1) is 6.61 Å². The summed E-state index contributed by atoms with van der Waals surface area (Å²) in [4.78, 5) is 0. The van der Waals surface area contributed by atoms with Gasteiger partial charge >= 0.3 is 0 Å². The van der Waals surface area contributed by atoms with E-state index in [0.717, 1.165) is 30.3 Å². The maximum absolute atomic E-state index is 13.3. The largest absolute Gasteiger partial charge is 0.454 e. The molecule has 5 heteroatoms. The van der Waals surface area contributed by atoms with Crippen LogP contribution in [0.5, 0.6) is 11.5 Å². The van der Waals surface area contributed by atoms with E-state index in [1.165, 1.54) is 6.07 Å². The van der Waals surface area contributed by atoms with Gasteiger partial charge in [0, 0.05) is 11.6 Å². The Hall–Kier alpha value is -2.01. The number of hydrogen-bond acceptors (Lipinski definition) is 2. The maximum atomic E-state index is 13.3. The molecule has 0 radical (unpaired) electrons. The molecular formula is C13H9F3O2. The Bertz CT molecular complexity index is 570. The molecule has 94 valence electrons. The second-order valence-corrected chi connectivity index (χ2v) is 3.59. The first-order chi connectivity index (χ1) is 8.60. The van der Waals surface area contributed by atoms with Crippen molar-refractivity contribution in [1.82, 2.24) is 0 Å². The zero-order chi connectivity index (χ0) is 13.1. The molecule has 0 amide bonds. The van der Waals surface area contributed by atoms with E-state index in [9.17, 15) is 13.2 Å². The Labute approximate surface area is 101 Å². The van der Waals surface area contributed by atoms with Crippen molar-refractivity contribution in [1.29, 1.82) is 0 Å². The van der Waals surface area contributed by atoms with E-state index in [1.807, 2.05) is 0 Å². The summed E-state index contributed by atoms with van der Waals surface area (Å²) in [6.07, 6.45) is 0. The molecule has 0 unspecified atom stereocenters. The number of ether oxygens (including phenoxy) is 1. The van der Waals surface area contributed by atoms with Crippen molar-refractivity contribution in [2.75, 3.05) is 0 Å². The molecule has 0 saturated carbocycles. The smallest absolute Gasteiger partial charge is 0.165 e. The summed E-state index contributed by atoms with van der Waals surface area (Å²) in [5, 5.41) is 9.03. The first-order valence-corrected chi connectivity index (χ1v) is 5.12. The van der Waals surface area contributed by atoms with Gasteiger partial charge in [0.15, 0.2) is 11.6 Å². The average molecular weight is 254 g/mol. The molecule has 0 saturated heterocycles. The van der Waals surface area contributed by atoms with Gasteiger partial charge in [-0.15, -0.1) is 0 Å². The summed E-state index contributed by atoms with van der Waals surface area (Å²) >= 11 is 0. The minimum absolute atomic E-state index is 0.0726. The Morgan fingerprint density at radius 3 is 2.28 bits per heavy atom. The van der Waals surface area contributed by atoms with Crippen LogP contribution in [-0.2, 0) is 6.61 Å². The van der Waals surface area contributed by atoms with Gasteiger partial charge in [-0.3, -0.25) is 0 Å². The van der Waals surface area contributed by atoms with Gasteiger partial charge in [-0.25, -0.2) is 13.2 Å². The lowest BCUT2D eigenvalue weighted by molar-refractivity contribution is 0.275. The molecule has 2 nitrogen and oxygen atoms in total. The minimum atomic E-state index is -0.746. The predicted molar refractivity (Wildman–Crippen MR) is 58.8 cm³/mol. The topological polar surface area (TPSA) is 29.5 Å².